The van der Waals surface area contributed by atoms with Crippen LogP contribution in [0, 0.1) is 5.92 Å². The van der Waals surface area contributed by atoms with Crippen LogP contribution < -0.4 is 9.47 Å². The molecule has 6 heteroatoms. The number of likely N-dealkylation sites (tertiary alicyclic amines) is 2. The van der Waals surface area contributed by atoms with E-state index in [1.807, 2.05) is 36.9 Å². The van der Waals surface area contributed by atoms with Gasteiger partial charge in [-0.25, -0.2) is 0 Å². The maximum absolute atomic E-state index is 13.2. The van der Waals surface area contributed by atoms with E-state index in [0.717, 1.165) is 36.4 Å². The SMILES string of the molecule is COc1ccc(OC)c([C@H]2CCCN2C(=O)[C@H]2CC(=O)N(C(C)C)C2)c1. The van der Waals surface area contributed by atoms with Crippen LogP contribution >= 0.6 is 0 Å². The Hall–Kier alpha value is -2.24. The molecule has 0 saturated carbocycles. The van der Waals surface area contributed by atoms with Crippen LogP contribution in [0.4, 0.5) is 0 Å². The lowest BCUT2D eigenvalue weighted by atomic mass is 10.0. The number of rotatable bonds is 5. The molecule has 26 heavy (non-hydrogen) atoms. The van der Waals surface area contributed by atoms with Crippen LogP contribution in [0.2, 0.25) is 0 Å². The number of carbonyl (C=O) groups is 2. The molecule has 2 atom stereocenters. The van der Waals surface area contributed by atoms with Crippen molar-refractivity contribution in [2.24, 2.45) is 5.92 Å². The molecule has 2 heterocycles. The fourth-order valence-electron chi connectivity index (χ4n) is 4.08. The number of ether oxygens (including phenoxy) is 2. The van der Waals surface area contributed by atoms with Gasteiger partial charge in [0.05, 0.1) is 26.2 Å². The highest BCUT2D eigenvalue weighted by Crippen LogP contribution is 2.40. The number of hydrogen-bond donors (Lipinski definition) is 0. The number of nitrogens with zero attached hydrogens (tertiary/aromatic N) is 2. The van der Waals surface area contributed by atoms with Gasteiger partial charge in [-0.1, -0.05) is 0 Å². The van der Waals surface area contributed by atoms with Crippen LogP contribution in [0.5, 0.6) is 11.5 Å². The van der Waals surface area contributed by atoms with E-state index in [1.165, 1.54) is 0 Å². The zero-order chi connectivity index (χ0) is 18.8. The summed E-state index contributed by atoms with van der Waals surface area (Å²) in [4.78, 5) is 29.1. The maximum atomic E-state index is 13.2. The van der Waals surface area contributed by atoms with Gasteiger partial charge in [0.1, 0.15) is 11.5 Å². The summed E-state index contributed by atoms with van der Waals surface area (Å²) in [5.41, 5.74) is 0.975. The van der Waals surface area contributed by atoms with Crippen LogP contribution in [0.3, 0.4) is 0 Å². The van der Waals surface area contributed by atoms with E-state index in [4.69, 9.17) is 9.47 Å². The summed E-state index contributed by atoms with van der Waals surface area (Å²) in [7, 11) is 3.27. The summed E-state index contributed by atoms with van der Waals surface area (Å²) in [6.45, 7) is 5.22. The van der Waals surface area contributed by atoms with Gasteiger partial charge in [0.25, 0.3) is 0 Å². The summed E-state index contributed by atoms with van der Waals surface area (Å²) in [6.07, 6.45) is 2.16. The first-order valence-corrected chi connectivity index (χ1v) is 9.28. The van der Waals surface area contributed by atoms with Gasteiger partial charge in [-0.3, -0.25) is 9.59 Å². The van der Waals surface area contributed by atoms with E-state index in [-0.39, 0.29) is 29.8 Å². The molecule has 6 nitrogen and oxygen atoms in total. The first-order chi connectivity index (χ1) is 12.5. The molecule has 2 aliphatic rings. The smallest absolute Gasteiger partial charge is 0.228 e. The Bertz CT molecular complexity index is 688. The summed E-state index contributed by atoms with van der Waals surface area (Å²) in [6, 6.07) is 5.80. The molecule has 0 aliphatic carbocycles. The summed E-state index contributed by atoms with van der Waals surface area (Å²) in [5.74, 6) is 1.42. The Morgan fingerprint density at radius 1 is 1.23 bits per heavy atom. The molecule has 0 bridgehead atoms. The van der Waals surface area contributed by atoms with Gasteiger partial charge in [0.2, 0.25) is 11.8 Å². The second kappa shape index (κ2) is 7.56. The molecule has 3 rings (SSSR count). The lowest BCUT2D eigenvalue weighted by Gasteiger charge is -2.29. The molecule has 1 aromatic rings. The number of benzene rings is 1. The van der Waals surface area contributed by atoms with Crippen molar-refractivity contribution >= 4 is 11.8 Å². The summed E-state index contributed by atoms with van der Waals surface area (Å²) in [5, 5.41) is 0. The van der Waals surface area contributed by atoms with Gasteiger partial charge < -0.3 is 19.3 Å². The van der Waals surface area contributed by atoms with Crippen molar-refractivity contribution in [2.75, 3.05) is 27.3 Å². The molecule has 2 amide bonds. The van der Waals surface area contributed by atoms with E-state index in [9.17, 15) is 9.59 Å². The Morgan fingerprint density at radius 2 is 2.00 bits per heavy atom. The zero-order valence-corrected chi connectivity index (χ0v) is 16.0. The lowest BCUT2D eigenvalue weighted by Crippen LogP contribution is -2.38. The molecule has 0 unspecified atom stereocenters. The van der Waals surface area contributed by atoms with Crippen molar-refractivity contribution in [1.29, 1.82) is 0 Å². The zero-order valence-electron chi connectivity index (χ0n) is 16.0. The van der Waals surface area contributed by atoms with E-state index < -0.39 is 0 Å². The predicted octanol–water partition coefficient (Wildman–Crippen LogP) is 2.62. The highest BCUT2D eigenvalue weighted by Gasteiger charge is 2.41. The minimum absolute atomic E-state index is 0.0317. The summed E-state index contributed by atoms with van der Waals surface area (Å²) >= 11 is 0. The number of methoxy groups -OCH3 is 2. The van der Waals surface area contributed by atoms with Crippen molar-refractivity contribution in [2.45, 2.75) is 45.2 Å². The minimum Gasteiger partial charge on any atom is -0.497 e. The fourth-order valence-corrected chi connectivity index (χ4v) is 4.08. The second-order valence-electron chi connectivity index (χ2n) is 7.34. The molecule has 2 saturated heterocycles. The Balaban J connectivity index is 1.83. The number of carbonyl (C=O) groups excluding carboxylic acids is 2. The molecule has 0 N–H and O–H groups in total. The monoisotopic (exact) mass is 360 g/mol. The van der Waals surface area contributed by atoms with Gasteiger partial charge >= 0.3 is 0 Å². The maximum Gasteiger partial charge on any atom is 0.228 e. The number of amides is 2. The van der Waals surface area contributed by atoms with Crippen LogP contribution in [0.1, 0.15) is 44.7 Å². The molecule has 1 aromatic carbocycles. The Kier molecular flexibility index (Phi) is 5.39. The third kappa shape index (κ3) is 3.37. The molecular weight excluding hydrogens is 332 g/mol. The van der Waals surface area contributed by atoms with Crippen molar-refractivity contribution in [3.05, 3.63) is 23.8 Å². The van der Waals surface area contributed by atoms with Crippen LogP contribution in [0.25, 0.3) is 0 Å². The fraction of sp³-hybridized carbons (Fsp3) is 0.600. The quantitative estimate of drug-likeness (QED) is 0.810. The van der Waals surface area contributed by atoms with Crippen LogP contribution in [-0.4, -0.2) is 55.0 Å². The molecular formula is C20H28N2O4. The highest BCUT2D eigenvalue weighted by molar-refractivity contribution is 5.89. The van der Waals surface area contributed by atoms with Gasteiger partial charge in [0, 0.05) is 31.1 Å². The normalized spacial score (nSPS) is 23.0. The van der Waals surface area contributed by atoms with E-state index in [1.54, 1.807) is 19.1 Å². The van der Waals surface area contributed by atoms with E-state index >= 15 is 0 Å². The average molecular weight is 360 g/mol. The van der Waals surface area contributed by atoms with Gasteiger partial charge in [-0.2, -0.15) is 0 Å². The van der Waals surface area contributed by atoms with E-state index in [2.05, 4.69) is 0 Å². The molecule has 0 radical (unpaired) electrons. The van der Waals surface area contributed by atoms with E-state index in [0.29, 0.717) is 13.0 Å². The Morgan fingerprint density at radius 3 is 2.62 bits per heavy atom. The van der Waals surface area contributed by atoms with Gasteiger partial charge in [-0.05, 0) is 44.9 Å². The first kappa shape index (κ1) is 18.5. The third-order valence-corrected chi connectivity index (χ3v) is 5.46. The predicted molar refractivity (Wildman–Crippen MR) is 98.2 cm³/mol. The van der Waals surface area contributed by atoms with Crippen molar-refractivity contribution in [3.8, 4) is 11.5 Å². The van der Waals surface area contributed by atoms with Crippen molar-refractivity contribution < 1.29 is 19.1 Å². The Labute approximate surface area is 155 Å². The first-order valence-electron chi connectivity index (χ1n) is 9.28. The molecule has 2 fully saturated rings. The number of hydrogen-bond acceptors (Lipinski definition) is 4. The second-order valence-corrected chi connectivity index (χ2v) is 7.34. The third-order valence-electron chi connectivity index (χ3n) is 5.46. The molecule has 0 spiro atoms. The lowest BCUT2D eigenvalue weighted by molar-refractivity contribution is -0.136. The van der Waals surface area contributed by atoms with Crippen molar-refractivity contribution in [1.82, 2.24) is 9.80 Å². The average Bonchev–Trinajstić information content (AvgIpc) is 3.27. The van der Waals surface area contributed by atoms with Crippen LogP contribution in [-0.2, 0) is 9.59 Å². The topological polar surface area (TPSA) is 59.1 Å². The van der Waals surface area contributed by atoms with Crippen molar-refractivity contribution in [3.63, 3.8) is 0 Å². The molecule has 142 valence electrons. The largest absolute Gasteiger partial charge is 0.497 e. The van der Waals surface area contributed by atoms with Gasteiger partial charge in [0.15, 0.2) is 0 Å². The molecule has 2 aliphatic heterocycles. The highest BCUT2D eigenvalue weighted by atomic mass is 16.5. The minimum atomic E-state index is -0.248. The summed E-state index contributed by atoms with van der Waals surface area (Å²) < 4.78 is 10.9. The van der Waals surface area contributed by atoms with Crippen LogP contribution in [0.15, 0.2) is 18.2 Å². The van der Waals surface area contributed by atoms with Gasteiger partial charge in [-0.15, -0.1) is 0 Å². The molecule has 0 aromatic heterocycles. The standard InChI is InChI=1S/C20H28N2O4/c1-13(2)22-12-14(10-19(22)23)20(24)21-9-5-6-17(21)16-11-15(25-3)7-8-18(16)26-4/h7-8,11,13-14,17H,5-6,9-10,12H2,1-4H3/t14-,17+/m0/s1.